The van der Waals surface area contributed by atoms with Crippen LogP contribution in [0.25, 0.3) is 10.9 Å². The molecule has 3 nitrogen and oxygen atoms in total. The van der Waals surface area contributed by atoms with Crippen LogP contribution < -0.4 is 0 Å². The third kappa shape index (κ3) is 1.90. The van der Waals surface area contributed by atoms with Gasteiger partial charge in [0.2, 0.25) is 0 Å². The maximum absolute atomic E-state index is 11.4. The van der Waals surface area contributed by atoms with E-state index in [-0.39, 0.29) is 0 Å². The lowest BCUT2D eigenvalue weighted by Crippen LogP contribution is -2.12. The van der Waals surface area contributed by atoms with E-state index in [0.29, 0.717) is 16.9 Å². The van der Waals surface area contributed by atoms with Crippen LogP contribution in [0.1, 0.15) is 41.2 Å². The number of aromatic carboxylic acids is 1. The summed E-state index contributed by atoms with van der Waals surface area (Å²) in [5.74, 6) is -0.447. The zero-order chi connectivity index (χ0) is 12.7. The molecule has 4 heteroatoms. The zero-order valence-corrected chi connectivity index (χ0v) is 11.3. The molecule has 0 radical (unpaired) electrons. The first-order chi connectivity index (χ1) is 8.65. The minimum Gasteiger partial charge on any atom is -0.478 e. The van der Waals surface area contributed by atoms with E-state index in [1.54, 1.807) is 6.07 Å². The van der Waals surface area contributed by atoms with Gasteiger partial charge in [0.15, 0.2) is 0 Å². The number of pyridine rings is 1. The van der Waals surface area contributed by atoms with Crippen LogP contribution in [0.3, 0.4) is 0 Å². The molecule has 92 valence electrons. The first-order valence-electron chi connectivity index (χ1n) is 5.98. The van der Waals surface area contributed by atoms with E-state index in [2.05, 4.69) is 20.9 Å². The highest BCUT2D eigenvalue weighted by Gasteiger charge is 2.23. The number of rotatable bonds is 2. The zero-order valence-electron chi connectivity index (χ0n) is 9.69. The summed E-state index contributed by atoms with van der Waals surface area (Å²) in [6.07, 6.45) is 3.45. The Labute approximate surface area is 113 Å². The van der Waals surface area contributed by atoms with E-state index in [4.69, 9.17) is 0 Å². The topological polar surface area (TPSA) is 50.2 Å². The van der Waals surface area contributed by atoms with Crippen LogP contribution in [0.4, 0.5) is 0 Å². The molecule has 1 N–H and O–H groups in total. The largest absolute Gasteiger partial charge is 0.478 e. The fraction of sp³-hybridized carbons (Fsp3) is 0.286. The third-order valence-electron chi connectivity index (χ3n) is 3.54. The highest BCUT2D eigenvalue weighted by atomic mass is 79.9. The summed E-state index contributed by atoms with van der Waals surface area (Å²) in [5, 5.41) is 10.0. The lowest BCUT2D eigenvalue weighted by molar-refractivity contribution is 0.0698. The van der Waals surface area contributed by atoms with Crippen LogP contribution >= 0.6 is 15.9 Å². The number of aromatic nitrogens is 1. The number of carbonyl (C=O) groups is 1. The summed E-state index contributed by atoms with van der Waals surface area (Å²) in [7, 11) is 0. The van der Waals surface area contributed by atoms with Gasteiger partial charge in [0.25, 0.3) is 0 Å². The molecule has 1 heterocycles. The van der Waals surface area contributed by atoms with Gasteiger partial charge in [-0.15, -0.1) is 0 Å². The lowest BCUT2D eigenvalue weighted by atomic mass is 9.82. The Balaban J connectivity index is 2.24. The molecule has 1 aromatic heterocycles. The standard InChI is InChI=1S/C14H12BrNO2/c15-9-4-5-12-10(6-9)11(14(17)18)7-13(16-12)8-2-1-3-8/h4-8H,1-3H2,(H,17,18). The molecule has 0 atom stereocenters. The molecule has 1 aromatic carbocycles. The number of benzene rings is 1. The molecule has 1 fully saturated rings. The average Bonchev–Trinajstić information content (AvgIpc) is 2.26. The Hall–Kier alpha value is -1.42. The molecule has 0 amide bonds. The first kappa shape index (κ1) is 11.7. The Morgan fingerprint density at radius 1 is 1.33 bits per heavy atom. The van der Waals surface area contributed by atoms with Crippen molar-refractivity contribution in [3.05, 3.63) is 40.0 Å². The van der Waals surface area contributed by atoms with Crippen molar-refractivity contribution in [3.63, 3.8) is 0 Å². The van der Waals surface area contributed by atoms with Crippen molar-refractivity contribution in [2.45, 2.75) is 25.2 Å². The maximum Gasteiger partial charge on any atom is 0.336 e. The molecule has 1 aliphatic carbocycles. The molecule has 1 saturated carbocycles. The summed E-state index contributed by atoms with van der Waals surface area (Å²) < 4.78 is 0.871. The maximum atomic E-state index is 11.4. The predicted molar refractivity (Wildman–Crippen MR) is 73.0 cm³/mol. The van der Waals surface area contributed by atoms with Crippen molar-refractivity contribution in [1.29, 1.82) is 0 Å². The minimum absolute atomic E-state index is 0.350. The Kier molecular flexibility index (Phi) is 2.82. The Morgan fingerprint density at radius 2 is 2.11 bits per heavy atom. The van der Waals surface area contributed by atoms with Crippen molar-refractivity contribution in [1.82, 2.24) is 4.98 Å². The van der Waals surface area contributed by atoms with E-state index >= 15 is 0 Å². The van der Waals surface area contributed by atoms with Gasteiger partial charge in [-0.25, -0.2) is 4.79 Å². The quantitative estimate of drug-likeness (QED) is 0.913. The van der Waals surface area contributed by atoms with Gasteiger partial charge in [-0.05, 0) is 37.1 Å². The van der Waals surface area contributed by atoms with E-state index < -0.39 is 5.97 Å². The van der Waals surface area contributed by atoms with Crippen LogP contribution in [-0.2, 0) is 0 Å². The number of fused-ring (bicyclic) bond motifs is 1. The van der Waals surface area contributed by atoms with Crippen molar-refractivity contribution >= 4 is 32.8 Å². The fourth-order valence-corrected chi connectivity index (χ4v) is 2.67. The Bertz CT molecular complexity index is 635. The summed E-state index contributed by atoms with van der Waals surface area (Å²) in [4.78, 5) is 16.0. The second-order valence-corrected chi connectivity index (χ2v) is 5.60. The van der Waals surface area contributed by atoms with Crippen LogP contribution in [0, 0.1) is 0 Å². The molecule has 18 heavy (non-hydrogen) atoms. The molecular formula is C14H12BrNO2. The molecule has 0 aliphatic heterocycles. The first-order valence-corrected chi connectivity index (χ1v) is 6.78. The highest BCUT2D eigenvalue weighted by Crippen LogP contribution is 2.37. The van der Waals surface area contributed by atoms with Crippen LogP contribution in [0.2, 0.25) is 0 Å². The van der Waals surface area contributed by atoms with Gasteiger partial charge in [-0.2, -0.15) is 0 Å². The molecule has 0 bridgehead atoms. The molecule has 0 saturated heterocycles. The summed E-state index contributed by atoms with van der Waals surface area (Å²) >= 11 is 3.37. The molecule has 1 aliphatic rings. The van der Waals surface area contributed by atoms with Gasteiger partial charge >= 0.3 is 5.97 Å². The average molecular weight is 306 g/mol. The van der Waals surface area contributed by atoms with E-state index in [1.165, 1.54) is 6.42 Å². The fourth-order valence-electron chi connectivity index (χ4n) is 2.31. The number of halogens is 1. The SMILES string of the molecule is O=C(O)c1cc(C2CCC2)nc2ccc(Br)cc12. The summed E-state index contributed by atoms with van der Waals surface area (Å²) in [5.41, 5.74) is 2.04. The van der Waals surface area contributed by atoms with Crippen molar-refractivity contribution in [2.75, 3.05) is 0 Å². The third-order valence-corrected chi connectivity index (χ3v) is 4.04. The van der Waals surface area contributed by atoms with Crippen molar-refractivity contribution in [2.24, 2.45) is 0 Å². The van der Waals surface area contributed by atoms with Gasteiger partial charge in [-0.3, -0.25) is 4.98 Å². The van der Waals surface area contributed by atoms with Crippen LogP contribution in [0.5, 0.6) is 0 Å². The number of carboxylic acids is 1. The van der Waals surface area contributed by atoms with Gasteiger partial charge in [0, 0.05) is 21.5 Å². The normalized spacial score (nSPS) is 15.6. The second kappa shape index (κ2) is 4.35. The molecule has 0 spiro atoms. The lowest BCUT2D eigenvalue weighted by Gasteiger charge is -2.25. The minimum atomic E-state index is -0.888. The van der Waals surface area contributed by atoms with Gasteiger partial charge in [-0.1, -0.05) is 22.4 Å². The van der Waals surface area contributed by atoms with E-state index in [1.807, 2.05) is 18.2 Å². The number of hydrogen-bond acceptors (Lipinski definition) is 2. The highest BCUT2D eigenvalue weighted by molar-refractivity contribution is 9.10. The van der Waals surface area contributed by atoms with Crippen LogP contribution in [0.15, 0.2) is 28.7 Å². The molecular weight excluding hydrogens is 294 g/mol. The van der Waals surface area contributed by atoms with E-state index in [9.17, 15) is 9.90 Å². The molecule has 3 rings (SSSR count). The smallest absolute Gasteiger partial charge is 0.336 e. The Morgan fingerprint density at radius 3 is 2.72 bits per heavy atom. The van der Waals surface area contributed by atoms with Crippen molar-refractivity contribution < 1.29 is 9.90 Å². The number of nitrogens with zero attached hydrogens (tertiary/aromatic N) is 1. The summed E-state index contributed by atoms with van der Waals surface area (Å²) in [6.45, 7) is 0. The molecule has 2 aromatic rings. The monoisotopic (exact) mass is 305 g/mol. The van der Waals surface area contributed by atoms with Gasteiger partial charge in [0.05, 0.1) is 11.1 Å². The number of hydrogen-bond donors (Lipinski definition) is 1. The number of carboxylic acid groups (broad SMARTS) is 1. The van der Waals surface area contributed by atoms with Gasteiger partial charge < -0.3 is 5.11 Å². The van der Waals surface area contributed by atoms with Crippen LogP contribution in [-0.4, -0.2) is 16.1 Å². The van der Waals surface area contributed by atoms with Crippen molar-refractivity contribution in [3.8, 4) is 0 Å². The predicted octanol–water partition coefficient (Wildman–Crippen LogP) is 3.96. The second-order valence-electron chi connectivity index (χ2n) is 4.69. The van der Waals surface area contributed by atoms with Gasteiger partial charge in [0.1, 0.15) is 0 Å². The molecule has 0 unspecified atom stereocenters. The van der Waals surface area contributed by atoms with E-state index in [0.717, 1.165) is 28.5 Å². The summed E-state index contributed by atoms with van der Waals surface area (Å²) in [6, 6.07) is 7.32.